The first-order valence-corrected chi connectivity index (χ1v) is 6.45. The lowest BCUT2D eigenvalue weighted by molar-refractivity contribution is 0.345. The van der Waals surface area contributed by atoms with Crippen LogP contribution < -0.4 is 5.32 Å². The van der Waals surface area contributed by atoms with Gasteiger partial charge in [0.2, 0.25) is 11.7 Å². The third-order valence-electron chi connectivity index (χ3n) is 2.86. The van der Waals surface area contributed by atoms with Crippen molar-refractivity contribution in [3.8, 4) is 11.5 Å². The lowest BCUT2D eigenvalue weighted by Gasteiger charge is -2.15. The first kappa shape index (κ1) is 13.6. The Morgan fingerprint density at radius 2 is 2.21 bits per heavy atom. The van der Waals surface area contributed by atoms with Crippen molar-refractivity contribution in [3.05, 3.63) is 24.5 Å². The zero-order valence-corrected chi connectivity index (χ0v) is 11.5. The zero-order chi connectivity index (χ0) is 13.7. The molecule has 1 atom stereocenters. The minimum Gasteiger partial charge on any atom is -0.339 e. The molecular formula is C13H19N5O. The predicted octanol–water partition coefficient (Wildman–Crippen LogP) is 1.70. The van der Waals surface area contributed by atoms with Crippen LogP contribution in [0.15, 0.2) is 23.1 Å². The van der Waals surface area contributed by atoms with E-state index in [4.69, 9.17) is 4.52 Å². The highest BCUT2D eigenvalue weighted by atomic mass is 16.5. The van der Waals surface area contributed by atoms with Gasteiger partial charge in [-0.05, 0) is 25.5 Å². The van der Waals surface area contributed by atoms with Gasteiger partial charge in [0.25, 0.3) is 0 Å². The molecule has 0 spiro atoms. The quantitative estimate of drug-likeness (QED) is 0.853. The number of aromatic nitrogens is 4. The van der Waals surface area contributed by atoms with Gasteiger partial charge in [-0.2, -0.15) is 4.98 Å². The van der Waals surface area contributed by atoms with Crippen LogP contribution in [0.4, 0.5) is 0 Å². The fourth-order valence-electron chi connectivity index (χ4n) is 1.95. The van der Waals surface area contributed by atoms with E-state index in [9.17, 15) is 0 Å². The van der Waals surface area contributed by atoms with Gasteiger partial charge in [-0.25, -0.2) is 9.97 Å². The van der Waals surface area contributed by atoms with Crippen molar-refractivity contribution in [2.24, 2.45) is 5.92 Å². The zero-order valence-electron chi connectivity index (χ0n) is 11.5. The average molecular weight is 261 g/mol. The second-order valence-corrected chi connectivity index (χ2v) is 4.93. The van der Waals surface area contributed by atoms with Gasteiger partial charge >= 0.3 is 0 Å². The molecule has 1 N–H and O–H groups in total. The number of rotatable bonds is 6. The molecule has 2 rings (SSSR count). The molecule has 0 fully saturated rings. The maximum absolute atomic E-state index is 5.27. The molecule has 0 radical (unpaired) electrons. The number of hydrogen-bond acceptors (Lipinski definition) is 6. The minimum absolute atomic E-state index is 0.346. The molecule has 2 heterocycles. The summed E-state index contributed by atoms with van der Waals surface area (Å²) >= 11 is 0. The number of hydrogen-bond donors (Lipinski definition) is 1. The monoisotopic (exact) mass is 261 g/mol. The van der Waals surface area contributed by atoms with Gasteiger partial charge < -0.3 is 9.84 Å². The Balaban J connectivity index is 2.05. The molecule has 0 aliphatic rings. The second-order valence-electron chi connectivity index (χ2n) is 4.93. The smallest absolute Gasteiger partial charge is 0.228 e. The summed E-state index contributed by atoms with van der Waals surface area (Å²) in [7, 11) is 1.95. The molecule has 0 bridgehead atoms. The molecule has 0 saturated carbocycles. The molecule has 102 valence electrons. The standard InChI is InChI=1S/C13H19N5O/c1-9(2)6-10(14-3)7-12-17-13(18-19-12)11-4-5-15-8-16-11/h4-5,8-10,14H,6-7H2,1-3H3. The van der Waals surface area contributed by atoms with Gasteiger partial charge in [0.05, 0.1) is 0 Å². The van der Waals surface area contributed by atoms with E-state index in [1.807, 2.05) is 7.05 Å². The van der Waals surface area contributed by atoms with Crippen LogP contribution in [0.1, 0.15) is 26.2 Å². The summed E-state index contributed by atoms with van der Waals surface area (Å²) < 4.78 is 5.27. The van der Waals surface area contributed by atoms with Gasteiger partial charge in [-0.15, -0.1) is 0 Å². The highest BCUT2D eigenvalue weighted by Crippen LogP contribution is 2.14. The Kier molecular flexibility index (Phi) is 4.57. The van der Waals surface area contributed by atoms with Crippen LogP contribution in [0, 0.1) is 5.92 Å². The lowest BCUT2D eigenvalue weighted by Crippen LogP contribution is -2.29. The van der Waals surface area contributed by atoms with Gasteiger partial charge in [-0.3, -0.25) is 0 Å². The van der Waals surface area contributed by atoms with E-state index in [0.717, 1.165) is 12.8 Å². The summed E-state index contributed by atoms with van der Waals surface area (Å²) in [6.07, 6.45) is 4.93. The first-order chi connectivity index (χ1) is 9.19. The number of likely N-dealkylation sites (N-methyl/N-ethyl adjacent to an activating group) is 1. The van der Waals surface area contributed by atoms with Crippen LogP contribution in [0.5, 0.6) is 0 Å². The highest BCUT2D eigenvalue weighted by Gasteiger charge is 2.15. The van der Waals surface area contributed by atoms with E-state index in [-0.39, 0.29) is 0 Å². The number of nitrogens with zero attached hydrogens (tertiary/aromatic N) is 4. The van der Waals surface area contributed by atoms with Crippen LogP contribution >= 0.6 is 0 Å². The summed E-state index contributed by atoms with van der Waals surface area (Å²) in [5.74, 6) is 1.77. The molecule has 0 aliphatic carbocycles. The Morgan fingerprint density at radius 1 is 1.37 bits per heavy atom. The van der Waals surface area contributed by atoms with Crippen LogP contribution in [0.3, 0.4) is 0 Å². The molecule has 19 heavy (non-hydrogen) atoms. The van der Waals surface area contributed by atoms with Gasteiger partial charge in [0.1, 0.15) is 12.0 Å². The van der Waals surface area contributed by atoms with E-state index in [1.165, 1.54) is 6.33 Å². The molecule has 2 aromatic rings. The van der Waals surface area contributed by atoms with Crippen molar-refractivity contribution in [3.63, 3.8) is 0 Å². The van der Waals surface area contributed by atoms with E-state index >= 15 is 0 Å². The molecule has 0 aliphatic heterocycles. The predicted molar refractivity (Wildman–Crippen MR) is 71.3 cm³/mol. The van der Waals surface area contributed by atoms with Gasteiger partial charge in [-0.1, -0.05) is 19.0 Å². The fourth-order valence-corrected chi connectivity index (χ4v) is 1.95. The Morgan fingerprint density at radius 3 is 2.84 bits per heavy atom. The molecule has 1 unspecified atom stereocenters. The van der Waals surface area contributed by atoms with Crippen LogP contribution in [-0.2, 0) is 6.42 Å². The number of nitrogens with one attached hydrogen (secondary N) is 1. The average Bonchev–Trinajstić information content (AvgIpc) is 2.87. The summed E-state index contributed by atoms with van der Waals surface area (Å²) in [5, 5.41) is 7.23. The van der Waals surface area contributed by atoms with Crippen LogP contribution in [0.25, 0.3) is 11.5 Å². The minimum atomic E-state index is 0.346. The molecule has 0 aromatic carbocycles. The largest absolute Gasteiger partial charge is 0.339 e. The van der Waals surface area contributed by atoms with Crippen molar-refractivity contribution < 1.29 is 4.52 Å². The van der Waals surface area contributed by atoms with Crippen LogP contribution in [0.2, 0.25) is 0 Å². The van der Waals surface area contributed by atoms with E-state index in [0.29, 0.717) is 29.4 Å². The summed E-state index contributed by atoms with van der Waals surface area (Å²) in [5.41, 5.74) is 0.676. The molecule has 2 aromatic heterocycles. The van der Waals surface area contributed by atoms with Crippen molar-refractivity contribution >= 4 is 0 Å². The molecule has 0 amide bonds. The fraction of sp³-hybridized carbons (Fsp3) is 0.538. The molecule has 6 nitrogen and oxygen atoms in total. The lowest BCUT2D eigenvalue weighted by atomic mass is 10.0. The maximum atomic E-state index is 5.27. The normalized spacial score (nSPS) is 12.8. The van der Waals surface area contributed by atoms with Gasteiger partial charge in [0.15, 0.2) is 0 Å². The first-order valence-electron chi connectivity index (χ1n) is 6.45. The Hall–Kier alpha value is -1.82. The summed E-state index contributed by atoms with van der Waals surface area (Å²) in [4.78, 5) is 12.3. The van der Waals surface area contributed by atoms with Crippen molar-refractivity contribution in [2.45, 2.75) is 32.7 Å². The maximum Gasteiger partial charge on any atom is 0.228 e. The third kappa shape index (κ3) is 3.82. The third-order valence-corrected chi connectivity index (χ3v) is 2.86. The Bertz CT molecular complexity index is 497. The van der Waals surface area contributed by atoms with E-state index in [2.05, 4.69) is 39.3 Å². The summed E-state index contributed by atoms with van der Waals surface area (Å²) in [6, 6.07) is 2.11. The van der Waals surface area contributed by atoms with Crippen molar-refractivity contribution in [1.82, 2.24) is 25.4 Å². The summed E-state index contributed by atoms with van der Waals surface area (Å²) in [6.45, 7) is 4.40. The Labute approximate surface area is 112 Å². The van der Waals surface area contributed by atoms with E-state index in [1.54, 1.807) is 12.3 Å². The molecule has 0 saturated heterocycles. The van der Waals surface area contributed by atoms with Crippen molar-refractivity contribution in [1.29, 1.82) is 0 Å². The second kappa shape index (κ2) is 6.38. The van der Waals surface area contributed by atoms with Gasteiger partial charge in [0, 0.05) is 18.7 Å². The van der Waals surface area contributed by atoms with Crippen LogP contribution in [-0.4, -0.2) is 33.2 Å². The SMILES string of the molecule is CNC(Cc1nc(-c2ccncn2)no1)CC(C)C. The van der Waals surface area contributed by atoms with E-state index < -0.39 is 0 Å². The highest BCUT2D eigenvalue weighted by molar-refractivity contribution is 5.46. The van der Waals surface area contributed by atoms with Crippen molar-refractivity contribution in [2.75, 3.05) is 7.05 Å². The topological polar surface area (TPSA) is 76.7 Å². The molecular weight excluding hydrogens is 242 g/mol. The molecule has 6 heteroatoms.